The van der Waals surface area contributed by atoms with Crippen molar-refractivity contribution < 1.29 is 31.1 Å². The van der Waals surface area contributed by atoms with E-state index in [9.17, 15) is 31.1 Å². The van der Waals surface area contributed by atoms with Crippen LogP contribution in [-0.2, 0) is 4.79 Å². The van der Waals surface area contributed by atoms with Gasteiger partial charge in [-0.1, -0.05) is 22.0 Å². The molecule has 0 radical (unpaired) electrons. The average Bonchev–Trinajstić information content (AvgIpc) is 2.28. The predicted octanol–water partition coefficient (Wildman–Crippen LogP) is 3.59. The molecule has 0 aliphatic heterocycles. The molecule has 1 N–H and O–H groups in total. The molecule has 0 fully saturated rings. The fourth-order valence-corrected chi connectivity index (χ4v) is 1.33. The van der Waals surface area contributed by atoms with Gasteiger partial charge in [-0.3, -0.25) is 4.79 Å². The molecule has 1 rings (SSSR count). The molecule has 0 aliphatic rings. The van der Waals surface area contributed by atoms with Crippen molar-refractivity contribution in [3.8, 4) is 0 Å². The number of carbonyl (C=O) groups is 1. The van der Waals surface area contributed by atoms with Crippen LogP contribution in [0.15, 0.2) is 18.3 Å². The van der Waals surface area contributed by atoms with E-state index in [1.807, 2.05) is 0 Å². The Balaban J connectivity index is 3.19. The lowest BCUT2D eigenvalue weighted by atomic mass is 10.1. The average molecular weight is 365 g/mol. The van der Waals surface area contributed by atoms with E-state index >= 15 is 0 Å². The standard InChI is InChI=1S/C10H7BrF6N2O/c1-5-3-2-4-18-6(5)19-7(20)8(11,9(12,13)14)10(15,16)17/h2-4H,1H3,(H,18,19,20). The number of anilines is 1. The van der Waals surface area contributed by atoms with Gasteiger partial charge in [0.25, 0.3) is 10.2 Å². The number of rotatable bonds is 2. The second kappa shape index (κ2) is 5.23. The van der Waals surface area contributed by atoms with Gasteiger partial charge >= 0.3 is 12.4 Å². The second-order valence-corrected chi connectivity index (χ2v) is 4.97. The van der Waals surface area contributed by atoms with Crippen LogP contribution in [-0.4, -0.2) is 27.6 Å². The Bertz CT molecular complexity index is 499. The van der Waals surface area contributed by atoms with Crippen LogP contribution < -0.4 is 5.32 Å². The van der Waals surface area contributed by atoms with Crippen molar-refractivity contribution >= 4 is 27.7 Å². The Morgan fingerprint density at radius 1 is 1.20 bits per heavy atom. The molecule has 112 valence electrons. The van der Waals surface area contributed by atoms with Crippen LogP contribution in [0, 0.1) is 6.92 Å². The molecule has 0 atom stereocenters. The number of aryl methyl sites for hydroxylation is 1. The summed E-state index contributed by atoms with van der Waals surface area (Å²) >= 11 is 1.48. The zero-order valence-electron chi connectivity index (χ0n) is 9.73. The van der Waals surface area contributed by atoms with Gasteiger partial charge in [0, 0.05) is 6.20 Å². The van der Waals surface area contributed by atoms with Crippen molar-refractivity contribution in [2.45, 2.75) is 23.6 Å². The fourth-order valence-electron chi connectivity index (χ4n) is 1.23. The second-order valence-electron chi connectivity index (χ2n) is 3.78. The highest BCUT2D eigenvalue weighted by Gasteiger charge is 2.74. The predicted molar refractivity (Wildman–Crippen MR) is 61.4 cm³/mol. The monoisotopic (exact) mass is 364 g/mol. The molecule has 0 aromatic carbocycles. The summed E-state index contributed by atoms with van der Waals surface area (Å²) in [5, 5.41) is 1.53. The lowest BCUT2D eigenvalue weighted by molar-refractivity contribution is -0.253. The highest BCUT2D eigenvalue weighted by atomic mass is 79.9. The molecule has 0 aliphatic carbocycles. The van der Waals surface area contributed by atoms with Gasteiger partial charge in [0.15, 0.2) is 0 Å². The van der Waals surface area contributed by atoms with Crippen molar-refractivity contribution in [3.05, 3.63) is 23.9 Å². The summed E-state index contributed by atoms with van der Waals surface area (Å²) in [6.07, 6.45) is -10.6. The summed E-state index contributed by atoms with van der Waals surface area (Å²) in [6.45, 7) is 1.37. The minimum Gasteiger partial charge on any atom is -0.309 e. The van der Waals surface area contributed by atoms with Crippen LogP contribution in [0.3, 0.4) is 0 Å². The maximum atomic E-state index is 12.6. The molecule has 1 aromatic heterocycles. The zero-order valence-corrected chi connectivity index (χ0v) is 11.3. The van der Waals surface area contributed by atoms with Crippen LogP contribution in [0.4, 0.5) is 32.2 Å². The van der Waals surface area contributed by atoms with Crippen LogP contribution in [0.2, 0.25) is 0 Å². The van der Waals surface area contributed by atoms with Crippen molar-refractivity contribution in [1.82, 2.24) is 4.98 Å². The van der Waals surface area contributed by atoms with Gasteiger partial charge in [0.05, 0.1) is 0 Å². The molecule has 0 saturated heterocycles. The third kappa shape index (κ3) is 2.89. The highest BCUT2D eigenvalue weighted by molar-refractivity contribution is 9.10. The lowest BCUT2D eigenvalue weighted by Gasteiger charge is -2.30. The third-order valence-corrected chi connectivity index (χ3v) is 3.59. The first-order chi connectivity index (χ1) is 8.91. The number of alkyl halides is 7. The van der Waals surface area contributed by atoms with Gasteiger partial charge < -0.3 is 5.32 Å². The van der Waals surface area contributed by atoms with E-state index in [1.54, 1.807) is 0 Å². The van der Waals surface area contributed by atoms with E-state index in [-0.39, 0.29) is 11.4 Å². The number of pyridine rings is 1. The Morgan fingerprint density at radius 2 is 1.70 bits per heavy atom. The minimum atomic E-state index is -5.86. The minimum absolute atomic E-state index is 0.222. The topological polar surface area (TPSA) is 42.0 Å². The molecule has 0 spiro atoms. The van der Waals surface area contributed by atoms with Crippen molar-refractivity contribution in [1.29, 1.82) is 0 Å². The maximum Gasteiger partial charge on any atom is 0.421 e. The van der Waals surface area contributed by atoms with E-state index in [0.717, 1.165) is 6.20 Å². The lowest BCUT2D eigenvalue weighted by Crippen LogP contribution is -2.59. The van der Waals surface area contributed by atoms with Gasteiger partial charge in [0.1, 0.15) is 5.82 Å². The van der Waals surface area contributed by atoms with Crippen LogP contribution in [0.1, 0.15) is 5.56 Å². The Kier molecular flexibility index (Phi) is 4.37. The number of nitrogens with one attached hydrogen (secondary N) is 1. The first kappa shape index (κ1) is 16.7. The number of amides is 1. The van der Waals surface area contributed by atoms with Crippen molar-refractivity contribution in [2.75, 3.05) is 5.32 Å². The van der Waals surface area contributed by atoms with E-state index < -0.39 is 22.6 Å². The summed E-state index contributed by atoms with van der Waals surface area (Å²) in [5.74, 6) is -2.69. The summed E-state index contributed by atoms with van der Waals surface area (Å²) in [5.41, 5.74) is 0.222. The molecule has 20 heavy (non-hydrogen) atoms. The quantitative estimate of drug-likeness (QED) is 0.643. The zero-order chi connectivity index (χ0) is 15.8. The summed E-state index contributed by atoms with van der Waals surface area (Å²) in [4.78, 5) is 15.0. The van der Waals surface area contributed by atoms with Crippen LogP contribution in [0.25, 0.3) is 0 Å². The number of nitrogens with zero attached hydrogens (tertiary/aromatic N) is 1. The van der Waals surface area contributed by atoms with Gasteiger partial charge in [-0.25, -0.2) is 4.98 Å². The molecule has 1 amide bonds. The van der Waals surface area contributed by atoms with Gasteiger partial charge in [-0.05, 0) is 18.6 Å². The van der Waals surface area contributed by atoms with E-state index in [0.29, 0.717) is 0 Å². The third-order valence-electron chi connectivity index (χ3n) is 2.34. The molecular formula is C10H7BrF6N2O. The van der Waals surface area contributed by atoms with Crippen molar-refractivity contribution in [3.63, 3.8) is 0 Å². The van der Waals surface area contributed by atoms with E-state index in [2.05, 4.69) is 4.98 Å². The molecule has 10 heteroatoms. The SMILES string of the molecule is Cc1cccnc1NC(=O)C(Br)(C(F)(F)F)C(F)(F)F. The molecule has 0 bridgehead atoms. The van der Waals surface area contributed by atoms with E-state index in [4.69, 9.17) is 0 Å². The van der Waals surface area contributed by atoms with Crippen LogP contribution in [0.5, 0.6) is 0 Å². The highest BCUT2D eigenvalue weighted by Crippen LogP contribution is 2.50. The van der Waals surface area contributed by atoms with Gasteiger partial charge in [-0.15, -0.1) is 0 Å². The largest absolute Gasteiger partial charge is 0.421 e. The first-order valence-corrected chi connectivity index (χ1v) is 5.76. The van der Waals surface area contributed by atoms with Gasteiger partial charge in [-0.2, -0.15) is 26.3 Å². The number of hydrogen-bond donors (Lipinski definition) is 1. The van der Waals surface area contributed by atoms with E-state index in [1.165, 1.54) is 40.3 Å². The molecule has 0 saturated carbocycles. The normalized spacial score (nSPS) is 13.2. The number of halogens is 7. The smallest absolute Gasteiger partial charge is 0.309 e. The summed E-state index contributed by atoms with van der Waals surface area (Å²) < 4.78 is 70.9. The maximum absolute atomic E-state index is 12.6. The molecular weight excluding hydrogens is 358 g/mol. The number of carbonyl (C=O) groups excluding carboxylic acids is 1. The summed E-state index contributed by atoms with van der Waals surface area (Å²) in [6, 6.07) is 2.79. The first-order valence-electron chi connectivity index (χ1n) is 4.96. The molecule has 1 aromatic rings. The molecule has 0 unspecified atom stereocenters. The molecule has 1 heterocycles. The number of aromatic nitrogens is 1. The van der Waals surface area contributed by atoms with Crippen molar-refractivity contribution in [2.24, 2.45) is 0 Å². The van der Waals surface area contributed by atoms with Crippen LogP contribution >= 0.6 is 15.9 Å². The Morgan fingerprint density at radius 3 is 2.10 bits per heavy atom. The fraction of sp³-hybridized carbons (Fsp3) is 0.400. The van der Waals surface area contributed by atoms with Gasteiger partial charge in [0.2, 0.25) is 0 Å². The Hall–Kier alpha value is -1.32. The Labute approximate surface area is 117 Å². The number of hydrogen-bond acceptors (Lipinski definition) is 2. The molecule has 3 nitrogen and oxygen atoms in total. The summed E-state index contributed by atoms with van der Waals surface area (Å²) in [7, 11) is 0.